The van der Waals surface area contributed by atoms with Crippen LogP contribution in [0.3, 0.4) is 0 Å². The molecule has 1 aromatic carbocycles. The zero-order valence-corrected chi connectivity index (χ0v) is 8.48. The van der Waals surface area contributed by atoms with Crippen molar-refractivity contribution in [1.29, 1.82) is 0 Å². The van der Waals surface area contributed by atoms with Crippen LogP contribution in [0.5, 0.6) is 0 Å². The van der Waals surface area contributed by atoms with Crippen molar-refractivity contribution >= 4 is 13.1 Å². The second kappa shape index (κ2) is 3.90. The fraction of sp³-hybridized carbons (Fsp3) is 0.250. The van der Waals surface area contributed by atoms with Gasteiger partial charge in [0.15, 0.2) is 0 Å². The van der Waals surface area contributed by atoms with Crippen LogP contribution in [0.25, 0.3) is 0 Å². The van der Waals surface area contributed by atoms with Crippen LogP contribution in [0, 0.1) is 10.1 Å². The summed E-state index contributed by atoms with van der Waals surface area (Å²) in [7, 11) is -3.10. The van der Waals surface area contributed by atoms with Crippen molar-refractivity contribution in [1.82, 2.24) is 0 Å². The Morgan fingerprint density at radius 3 is 2.29 bits per heavy atom. The number of nitro benzene ring substituents is 1. The van der Waals surface area contributed by atoms with E-state index in [1.807, 2.05) is 0 Å². The molecule has 14 heavy (non-hydrogen) atoms. The van der Waals surface area contributed by atoms with Gasteiger partial charge in [-0.2, -0.15) is 0 Å². The van der Waals surface area contributed by atoms with Crippen LogP contribution in [-0.4, -0.2) is 16.5 Å². The van der Waals surface area contributed by atoms with Crippen molar-refractivity contribution in [3.05, 3.63) is 39.9 Å². The van der Waals surface area contributed by atoms with Crippen molar-refractivity contribution in [3.63, 3.8) is 0 Å². The first-order chi connectivity index (χ1) is 6.38. The first-order valence-corrected chi connectivity index (χ1v) is 6.20. The lowest BCUT2D eigenvalue weighted by molar-refractivity contribution is -0.384. The lowest BCUT2D eigenvalue weighted by Gasteiger charge is -2.04. The topological polar surface area (TPSA) is 80.4 Å². The molecule has 0 heterocycles. The van der Waals surface area contributed by atoms with Crippen LogP contribution in [-0.2, 0) is 10.7 Å². The molecule has 0 amide bonds. The summed E-state index contributed by atoms with van der Waals surface area (Å²) in [5, 5.41) is 10.3. The monoisotopic (exact) mass is 215 g/mol. The Kier molecular flexibility index (Phi) is 3.03. The molecule has 0 spiro atoms. The van der Waals surface area contributed by atoms with E-state index in [1.165, 1.54) is 30.9 Å². The Morgan fingerprint density at radius 1 is 1.43 bits per heavy atom. The molecule has 0 aromatic heterocycles. The van der Waals surface area contributed by atoms with Gasteiger partial charge >= 0.3 is 0 Å². The Bertz CT molecular complexity index is 381. The van der Waals surface area contributed by atoms with Crippen LogP contribution in [0.2, 0.25) is 0 Å². The minimum absolute atomic E-state index is 0.0161. The molecule has 0 bridgehead atoms. The summed E-state index contributed by atoms with van der Waals surface area (Å²) in [6.07, 6.45) is 0.0466. The molecule has 0 aliphatic rings. The third-order valence-electron chi connectivity index (χ3n) is 1.62. The molecule has 1 atom stereocenters. The molecular formula is C8H10NO4P. The highest BCUT2D eigenvalue weighted by Crippen LogP contribution is 2.39. The summed E-state index contributed by atoms with van der Waals surface area (Å²) in [6.45, 7) is 1.26. The fourth-order valence-electron chi connectivity index (χ4n) is 1.06. The maximum atomic E-state index is 11.0. The van der Waals surface area contributed by atoms with Gasteiger partial charge in [0.1, 0.15) is 0 Å². The standard InChI is InChI=1S/C8H10NO4P/c1-14(12,13)6-7-2-4-8(5-3-7)9(10)11/h2-5H,6H2,1H3,(H,12,13). The van der Waals surface area contributed by atoms with Crippen molar-refractivity contribution in [2.24, 2.45) is 0 Å². The molecule has 76 valence electrons. The van der Waals surface area contributed by atoms with Crippen LogP contribution in [0.1, 0.15) is 5.56 Å². The number of non-ortho nitro benzene ring substituents is 1. The maximum Gasteiger partial charge on any atom is 0.269 e. The Morgan fingerprint density at radius 2 is 1.93 bits per heavy atom. The molecule has 1 N–H and O–H groups in total. The quantitative estimate of drug-likeness (QED) is 0.475. The Hall–Kier alpha value is -1.19. The molecule has 1 unspecified atom stereocenters. The van der Waals surface area contributed by atoms with Gasteiger partial charge in [0.2, 0.25) is 7.37 Å². The lowest BCUT2D eigenvalue weighted by Crippen LogP contribution is -1.89. The predicted molar refractivity (Wildman–Crippen MR) is 52.5 cm³/mol. The highest BCUT2D eigenvalue weighted by Gasteiger charge is 2.11. The van der Waals surface area contributed by atoms with E-state index in [1.54, 1.807) is 0 Å². The van der Waals surface area contributed by atoms with Crippen LogP contribution in [0.4, 0.5) is 5.69 Å². The van der Waals surface area contributed by atoms with Gasteiger partial charge in [0.05, 0.1) is 4.92 Å². The Balaban J connectivity index is 2.84. The van der Waals surface area contributed by atoms with E-state index in [2.05, 4.69) is 0 Å². The minimum Gasteiger partial charge on any atom is -0.344 e. The van der Waals surface area contributed by atoms with E-state index in [4.69, 9.17) is 4.89 Å². The maximum absolute atomic E-state index is 11.0. The molecular weight excluding hydrogens is 205 g/mol. The smallest absolute Gasteiger partial charge is 0.269 e. The van der Waals surface area contributed by atoms with E-state index in [0.29, 0.717) is 5.56 Å². The summed E-state index contributed by atoms with van der Waals surface area (Å²) in [5.74, 6) is 0. The van der Waals surface area contributed by atoms with Gasteiger partial charge in [-0.15, -0.1) is 0 Å². The molecule has 1 rings (SSSR count). The molecule has 0 aliphatic heterocycles. The van der Waals surface area contributed by atoms with Crippen LogP contribution in [0.15, 0.2) is 24.3 Å². The highest BCUT2D eigenvalue weighted by molar-refractivity contribution is 7.56. The first kappa shape index (κ1) is 10.9. The van der Waals surface area contributed by atoms with Gasteiger partial charge < -0.3 is 4.89 Å². The van der Waals surface area contributed by atoms with E-state index in [0.717, 1.165) is 0 Å². The molecule has 6 heteroatoms. The first-order valence-electron chi connectivity index (χ1n) is 3.91. The molecule has 0 aliphatic carbocycles. The van der Waals surface area contributed by atoms with E-state index >= 15 is 0 Å². The number of hydrogen-bond acceptors (Lipinski definition) is 3. The van der Waals surface area contributed by atoms with Gasteiger partial charge in [0.25, 0.3) is 5.69 Å². The van der Waals surface area contributed by atoms with Crippen molar-refractivity contribution in [2.75, 3.05) is 6.66 Å². The largest absolute Gasteiger partial charge is 0.344 e. The molecule has 0 fully saturated rings. The van der Waals surface area contributed by atoms with Gasteiger partial charge in [-0.25, -0.2) is 0 Å². The van der Waals surface area contributed by atoms with Gasteiger partial charge in [-0.3, -0.25) is 14.7 Å². The zero-order chi connectivity index (χ0) is 10.8. The summed E-state index contributed by atoms with van der Waals surface area (Å²) in [4.78, 5) is 18.9. The number of rotatable bonds is 3. The average molecular weight is 215 g/mol. The average Bonchev–Trinajstić information content (AvgIpc) is 2.02. The number of nitro groups is 1. The normalized spacial score (nSPS) is 14.7. The van der Waals surface area contributed by atoms with E-state index in [-0.39, 0.29) is 11.8 Å². The molecule has 0 saturated carbocycles. The molecule has 0 radical (unpaired) electrons. The summed E-state index contributed by atoms with van der Waals surface area (Å²) >= 11 is 0. The van der Waals surface area contributed by atoms with Gasteiger partial charge in [0, 0.05) is 25.0 Å². The second-order valence-corrected chi connectivity index (χ2v) is 5.55. The molecule has 5 nitrogen and oxygen atoms in total. The van der Waals surface area contributed by atoms with E-state index < -0.39 is 12.3 Å². The predicted octanol–water partition coefficient (Wildman–Crippen LogP) is 1.99. The van der Waals surface area contributed by atoms with Crippen LogP contribution < -0.4 is 0 Å². The third kappa shape index (κ3) is 3.28. The highest BCUT2D eigenvalue weighted by atomic mass is 31.2. The fourth-order valence-corrected chi connectivity index (χ4v) is 1.95. The molecule has 1 aromatic rings. The lowest BCUT2D eigenvalue weighted by atomic mass is 10.2. The summed E-state index contributed by atoms with van der Waals surface area (Å²) in [5.41, 5.74) is 0.613. The van der Waals surface area contributed by atoms with Crippen LogP contribution >= 0.6 is 7.37 Å². The summed E-state index contributed by atoms with van der Waals surface area (Å²) < 4.78 is 11.0. The van der Waals surface area contributed by atoms with Crippen molar-refractivity contribution in [3.8, 4) is 0 Å². The minimum atomic E-state index is -3.10. The van der Waals surface area contributed by atoms with E-state index in [9.17, 15) is 14.7 Å². The van der Waals surface area contributed by atoms with Crippen molar-refractivity contribution < 1.29 is 14.4 Å². The SMILES string of the molecule is CP(=O)(O)Cc1ccc([N+](=O)[O-])cc1. The Labute approximate surface area is 81.0 Å². The summed E-state index contributed by atoms with van der Waals surface area (Å²) in [6, 6.07) is 5.63. The second-order valence-electron chi connectivity index (χ2n) is 3.13. The molecule has 0 saturated heterocycles. The number of nitrogens with zero attached hydrogens (tertiary/aromatic N) is 1. The number of hydrogen-bond donors (Lipinski definition) is 1. The zero-order valence-electron chi connectivity index (χ0n) is 7.58. The van der Waals surface area contributed by atoms with Gasteiger partial charge in [-0.1, -0.05) is 12.1 Å². The number of benzene rings is 1. The van der Waals surface area contributed by atoms with Crippen molar-refractivity contribution in [2.45, 2.75) is 6.16 Å². The third-order valence-corrected chi connectivity index (χ3v) is 2.58. The van der Waals surface area contributed by atoms with Gasteiger partial charge in [-0.05, 0) is 5.56 Å².